The van der Waals surface area contributed by atoms with E-state index in [0.29, 0.717) is 12.2 Å². The van der Waals surface area contributed by atoms with Gasteiger partial charge in [-0.15, -0.1) is 0 Å². The number of likely N-dealkylation sites (N-methyl/N-ethyl adjacent to an activating group) is 1. The number of aryl methyl sites for hydroxylation is 2. The lowest BCUT2D eigenvalue weighted by Crippen LogP contribution is -2.37. The zero-order valence-electron chi connectivity index (χ0n) is 15.8. The summed E-state index contributed by atoms with van der Waals surface area (Å²) in [5.41, 5.74) is 2.67. The highest BCUT2D eigenvalue weighted by molar-refractivity contribution is 7.22. The second kappa shape index (κ2) is 7.97. The Hall–Kier alpha value is -2.25. The summed E-state index contributed by atoms with van der Waals surface area (Å²) < 4.78 is 2.88. The number of hydrogen-bond donors (Lipinski definition) is 0. The fourth-order valence-electron chi connectivity index (χ4n) is 2.67. The average Bonchev–Trinajstić information content (AvgIpc) is 3.27. The van der Waals surface area contributed by atoms with E-state index in [0.717, 1.165) is 34.9 Å². The molecule has 0 spiro atoms. The first-order valence-corrected chi connectivity index (χ1v) is 9.73. The predicted octanol–water partition coefficient (Wildman–Crippen LogP) is 3.28. The van der Waals surface area contributed by atoms with Crippen LogP contribution in [-0.2, 0) is 13.0 Å². The zero-order chi connectivity index (χ0) is 18.7. The van der Waals surface area contributed by atoms with Gasteiger partial charge in [0.05, 0.1) is 10.2 Å². The summed E-state index contributed by atoms with van der Waals surface area (Å²) in [4.78, 5) is 21.6. The molecule has 3 aromatic rings. The van der Waals surface area contributed by atoms with Crippen LogP contribution in [0, 0.1) is 0 Å². The van der Waals surface area contributed by atoms with Gasteiger partial charge in [0.15, 0.2) is 10.8 Å². The first-order valence-electron chi connectivity index (χ1n) is 8.91. The first-order chi connectivity index (χ1) is 12.5. The van der Waals surface area contributed by atoms with Crippen LogP contribution >= 0.6 is 11.3 Å². The Bertz CT molecular complexity index is 898. The summed E-state index contributed by atoms with van der Waals surface area (Å²) in [7, 11) is 4.00. The molecule has 138 valence electrons. The summed E-state index contributed by atoms with van der Waals surface area (Å²) in [5.74, 6) is -0.103. The molecule has 0 unspecified atom stereocenters. The molecule has 0 aliphatic carbocycles. The van der Waals surface area contributed by atoms with Crippen LogP contribution in [-0.4, -0.2) is 52.8 Å². The lowest BCUT2D eigenvalue weighted by atomic mass is 10.2. The lowest BCUT2D eigenvalue weighted by molar-refractivity contribution is 0.0979. The van der Waals surface area contributed by atoms with Crippen molar-refractivity contribution in [3.8, 4) is 0 Å². The molecule has 1 amide bonds. The van der Waals surface area contributed by atoms with E-state index in [2.05, 4.69) is 29.1 Å². The standard InChI is InChI=1S/C19H25N5OS/c1-5-14-7-8-15-17(13-14)26-19(20-15)24(12-11-22(3)4)18(25)16-9-10-23(6-2)21-16/h7-10,13H,5-6,11-12H2,1-4H3. The first kappa shape index (κ1) is 18.5. The van der Waals surface area contributed by atoms with Gasteiger partial charge in [0.1, 0.15) is 0 Å². The molecule has 0 bridgehead atoms. The molecule has 0 fully saturated rings. The number of aromatic nitrogens is 3. The van der Waals surface area contributed by atoms with E-state index in [1.807, 2.05) is 33.3 Å². The molecule has 1 aromatic carbocycles. The molecule has 2 aromatic heterocycles. The highest BCUT2D eigenvalue weighted by atomic mass is 32.1. The Balaban J connectivity index is 1.95. The summed E-state index contributed by atoms with van der Waals surface area (Å²) in [5, 5.41) is 5.10. The van der Waals surface area contributed by atoms with Crippen molar-refractivity contribution in [1.29, 1.82) is 0 Å². The second-order valence-electron chi connectivity index (χ2n) is 6.47. The normalized spacial score (nSPS) is 11.4. The largest absolute Gasteiger partial charge is 0.308 e. The van der Waals surface area contributed by atoms with Gasteiger partial charge in [0.2, 0.25) is 0 Å². The number of amides is 1. The van der Waals surface area contributed by atoms with Crippen molar-refractivity contribution in [1.82, 2.24) is 19.7 Å². The second-order valence-corrected chi connectivity index (χ2v) is 7.48. The lowest BCUT2D eigenvalue weighted by Gasteiger charge is -2.21. The van der Waals surface area contributed by atoms with Crippen LogP contribution in [0.15, 0.2) is 30.5 Å². The Kier molecular flexibility index (Phi) is 5.68. The van der Waals surface area contributed by atoms with Gasteiger partial charge in [-0.05, 0) is 51.2 Å². The van der Waals surface area contributed by atoms with Gasteiger partial charge in [-0.2, -0.15) is 5.10 Å². The van der Waals surface area contributed by atoms with Crippen molar-refractivity contribution in [3.05, 3.63) is 41.7 Å². The fraction of sp³-hybridized carbons (Fsp3) is 0.421. The van der Waals surface area contributed by atoms with Gasteiger partial charge < -0.3 is 4.90 Å². The number of benzene rings is 1. The van der Waals surface area contributed by atoms with Crippen molar-refractivity contribution in [2.45, 2.75) is 26.8 Å². The quantitative estimate of drug-likeness (QED) is 0.640. The van der Waals surface area contributed by atoms with Gasteiger partial charge in [-0.3, -0.25) is 14.4 Å². The van der Waals surface area contributed by atoms with Crippen molar-refractivity contribution in [2.75, 3.05) is 32.1 Å². The third-order valence-electron chi connectivity index (χ3n) is 4.28. The topological polar surface area (TPSA) is 54.3 Å². The van der Waals surface area contributed by atoms with Gasteiger partial charge in [-0.25, -0.2) is 4.98 Å². The van der Waals surface area contributed by atoms with Gasteiger partial charge >= 0.3 is 0 Å². The highest BCUT2D eigenvalue weighted by Gasteiger charge is 2.23. The van der Waals surface area contributed by atoms with Crippen LogP contribution in [0.4, 0.5) is 5.13 Å². The van der Waals surface area contributed by atoms with Crippen LogP contribution in [0.1, 0.15) is 29.9 Å². The van der Waals surface area contributed by atoms with E-state index in [9.17, 15) is 4.79 Å². The molecular weight excluding hydrogens is 346 g/mol. The third kappa shape index (κ3) is 3.94. The molecule has 0 N–H and O–H groups in total. The number of rotatable bonds is 7. The Morgan fingerprint density at radius 1 is 1.19 bits per heavy atom. The van der Waals surface area contributed by atoms with E-state index in [1.54, 1.807) is 27.0 Å². The Morgan fingerprint density at radius 2 is 2.00 bits per heavy atom. The van der Waals surface area contributed by atoms with Crippen LogP contribution in [0.3, 0.4) is 0 Å². The van der Waals surface area contributed by atoms with Gasteiger partial charge in [0.25, 0.3) is 5.91 Å². The van der Waals surface area contributed by atoms with Crippen LogP contribution in [0.25, 0.3) is 10.2 Å². The summed E-state index contributed by atoms with van der Waals surface area (Å²) in [6.07, 6.45) is 2.82. The third-order valence-corrected chi connectivity index (χ3v) is 5.32. The van der Waals surface area contributed by atoms with E-state index in [1.165, 1.54) is 5.56 Å². The van der Waals surface area contributed by atoms with Gasteiger partial charge in [-0.1, -0.05) is 24.3 Å². The van der Waals surface area contributed by atoms with Crippen molar-refractivity contribution in [2.24, 2.45) is 0 Å². The Morgan fingerprint density at radius 3 is 2.65 bits per heavy atom. The summed E-state index contributed by atoms with van der Waals surface area (Å²) >= 11 is 1.56. The minimum atomic E-state index is -0.103. The number of carbonyl (C=O) groups is 1. The summed E-state index contributed by atoms with van der Waals surface area (Å²) in [6.45, 7) is 6.22. The average molecular weight is 372 g/mol. The van der Waals surface area contributed by atoms with Crippen LogP contribution in [0.5, 0.6) is 0 Å². The molecule has 3 rings (SSSR count). The molecule has 0 radical (unpaired) electrons. The number of anilines is 1. The highest BCUT2D eigenvalue weighted by Crippen LogP contribution is 2.30. The zero-order valence-corrected chi connectivity index (χ0v) is 16.6. The molecule has 0 atom stereocenters. The smallest absolute Gasteiger partial charge is 0.280 e. The van der Waals surface area contributed by atoms with Crippen LogP contribution in [0.2, 0.25) is 0 Å². The number of nitrogens with zero attached hydrogens (tertiary/aromatic N) is 5. The fourth-order valence-corrected chi connectivity index (χ4v) is 3.72. The molecular formula is C19H25N5OS. The van der Waals surface area contributed by atoms with Crippen molar-refractivity contribution >= 4 is 32.6 Å². The van der Waals surface area contributed by atoms with Crippen molar-refractivity contribution < 1.29 is 4.79 Å². The molecule has 2 heterocycles. The van der Waals surface area contributed by atoms with E-state index >= 15 is 0 Å². The van der Waals surface area contributed by atoms with Crippen molar-refractivity contribution in [3.63, 3.8) is 0 Å². The monoisotopic (exact) mass is 371 g/mol. The van der Waals surface area contributed by atoms with E-state index < -0.39 is 0 Å². The number of fused-ring (bicyclic) bond motifs is 1. The molecule has 0 saturated carbocycles. The predicted molar refractivity (Wildman–Crippen MR) is 107 cm³/mol. The molecule has 7 heteroatoms. The number of carbonyl (C=O) groups excluding carboxylic acids is 1. The summed E-state index contributed by atoms with van der Waals surface area (Å²) in [6, 6.07) is 8.07. The molecule has 0 aliphatic rings. The molecule has 0 saturated heterocycles. The molecule has 6 nitrogen and oxygen atoms in total. The number of thiazole rings is 1. The molecule has 0 aliphatic heterocycles. The Labute approximate surface area is 158 Å². The maximum absolute atomic E-state index is 13.1. The maximum atomic E-state index is 13.1. The van der Waals surface area contributed by atoms with Crippen LogP contribution < -0.4 is 4.90 Å². The minimum Gasteiger partial charge on any atom is -0.308 e. The minimum absolute atomic E-state index is 0.103. The van der Waals surface area contributed by atoms with E-state index in [4.69, 9.17) is 4.98 Å². The van der Waals surface area contributed by atoms with E-state index in [-0.39, 0.29) is 5.91 Å². The molecule has 26 heavy (non-hydrogen) atoms. The SMILES string of the molecule is CCc1ccc2nc(N(CCN(C)C)C(=O)c3ccn(CC)n3)sc2c1. The maximum Gasteiger partial charge on any atom is 0.280 e. The number of hydrogen-bond acceptors (Lipinski definition) is 5. The van der Waals surface area contributed by atoms with Gasteiger partial charge in [0, 0.05) is 25.8 Å².